The highest BCUT2D eigenvalue weighted by molar-refractivity contribution is 5.94. The van der Waals surface area contributed by atoms with Crippen LogP contribution in [0.5, 0.6) is 0 Å². The Balaban J connectivity index is 1.79. The van der Waals surface area contributed by atoms with Crippen LogP contribution >= 0.6 is 0 Å². The molecule has 0 aliphatic rings. The number of fused-ring (bicyclic) bond motifs is 1. The number of para-hydroxylation sites is 1. The zero-order valence-electron chi connectivity index (χ0n) is 13.9. The molecule has 3 N–H and O–H groups in total. The average Bonchev–Trinajstić information content (AvgIpc) is 2.69. The van der Waals surface area contributed by atoms with Gasteiger partial charge < -0.3 is 11.1 Å². The van der Waals surface area contributed by atoms with Crippen LogP contribution in [-0.2, 0) is 0 Å². The number of carbonyl (C=O) groups excluding carboxylic acids is 1. The minimum absolute atomic E-state index is 0.449. The van der Waals surface area contributed by atoms with E-state index in [1.807, 2.05) is 54.6 Å². The fourth-order valence-electron chi connectivity index (χ4n) is 2.74. The SMILES string of the molecule is NC(=O)c1ccc(Nc2nc(-c3ccccc3)nc3ccccc23)cc1. The van der Waals surface area contributed by atoms with E-state index in [1.165, 1.54) is 0 Å². The molecule has 3 aromatic carbocycles. The van der Waals surface area contributed by atoms with E-state index in [4.69, 9.17) is 10.7 Å². The van der Waals surface area contributed by atoms with Crippen LogP contribution in [0.15, 0.2) is 78.9 Å². The minimum Gasteiger partial charge on any atom is -0.366 e. The molecular formula is C21H16N4O. The summed E-state index contributed by atoms with van der Waals surface area (Å²) >= 11 is 0. The van der Waals surface area contributed by atoms with Crippen molar-refractivity contribution >= 4 is 28.3 Å². The molecule has 0 radical (unpaired) electrons. The van der Waals surface area contributed by atoms with Crippen LogP contribution in [0.3, 0.4) is 0 Å². The molecule has 5 heteroatoms. The van der Waals surface area contributed by atoms with Crippen LogP contribution in [0.25, 0.3) is 22.3 Å². The fraction of sp³-hybridized carbons (Fsp3) is 0. The van der Waals surface area contributed by atoms with Gasteiger partial charge >= 0.3 is 0 Å². The van der Waals surface area contributed by atoms with E-state index in [0.717, 1.165) is 22.2 Å². The lowest BCUT2D eigenvalue weighted by atomic mass is 10.1. The van der Waals surface area contributed by atoms with Crippen molar-refractivity contribution in [1.82, 2.24) is 9.97 Å². The van der Waals surface area contributed by atoms with Gasteiger partial charge in [0.05, 0.1) is 5.52 Å². The van der Waals surface area contributed by atoms with Gasteiger partial charge in [-0.2, -0.15) is 0 Å². The highest BCUT2D eigenvalue weighted by Crippen LogP contribution is 2.27. The lowest BCUT2D eigenvalue weighted by molar-refractivity contribution is 0.100. The number of nitrogens with one attached hydrogen (secondary N) is 1. The van der Waals surface area contributed by atoms with Crippen LogP contribution in [0.1, 0.15) is 10.4 Å². The molecule has 1 aromatic heterocycles. The third-order valence-electron chi connectivity index (χ3n) is 4.07. The molecule has 0 spiro atoms. The summed E-state index contributed by atoms with van der Waals surface area (Å²) in [5.41, 5.74) is 8.39. The van der Waals surface area contributed by atoms with E-state index >= 15 is 0 Å². The molecule has 0 saturated carbocycles. The van der Waals surface area contributed by atoms with Gasteiger partial charge in [0.1, 0.15) is 5.82 Å². The molecule has 1 amide bonds. The van der Waals surface area contributed by atoms with Crippen LogP contribution in [-0.4, -0.2) is 15.9 Å². The number of anilines is 2. The molecule has 4 aromatic rings. The van der Waals surface area contributed by atoms with Crippen molar-refractivity contribution in [3.05, 3.63) is 84.4 Å². The molecule has 4 rings (SSSR count). The quantitative estimate of drug-likeness (QED) is 0.585. The summed E-state index contributed by atoms with van der Waals surface area (Å²) in [5.74, 6) is 0.914. The van der Waals surface area contributed by atoms with Crippen molar-refractivity contribution in [3.8, 4) is 11.4 Å². The van der Waals surface area contributed by atoms with E-state index in [2.05, 4.69) is 10.3 Å². The number of carbonyl (C=O) groups is 1. The number of hydrogen-bond donors (Lipinski definition) is 2. The second kappa shape index (κ2) is 6.64. The van der Waals surface area contributed by atoms with Gasteiger partial charge in [0, 0.05) is 22.2 Å². The Bertz CT molecular complexity index is 1080. The summed E-state index contributed by atoms with van der Waals surface area (Å²) in [6.45, 7) is 0. The summed E-state index contributed by atoms with van der Waals surface area (Å²) in [5, 5.41) is 4.24. The number of hydrogen-bond acceptors (Lipinski definition) is 4. The number of benzene rings is 3. The number of rotatable bonds is 4. The second-order valence-corrected chi connectivity index (χ2v) is 5.85. The Morgan fingerprint density at radius 3 is 2.23 bits per heavy atom. The minimum atomic E-state index is -0.449. The van der Waals surface area contributed by atoms with Gasteiger partial charge in [-0.05, 0) is 36.4 Å². The third-order valence-corrected chi connectivity index (χ3v) is 4.07. The van der Waals surface area contributed by atoms with E-state index in [1.54, 1.807) is 24.3 Å². The maximum Gasteiger partial charge on any atom is 0.248 e. The van der Waals surface area contributed by atoms with Crippen LogP contribution in [0.4, 0.5) is 11.5 Å². The van der Waals surface area contributed by atoms with Gasteiger partial charge in [-0.1, -0.05) is 42.5 Å². The molecular weight excluding hydrogens is 324 g/mol. The van der Waals surface area contributed by atoms with Crippen molar-refractivity contribution in [1.29, 1.82) is 0 Å². The van der Waals surface area contributed by atoms with Gasteiger partial charge in [-0.15, -0.1) is 0 Å². The number of amides is 1. The monoisotopic (exact) mass is 340 g/mol. The van der Waals surface area contributed by atoms with Crippen LogP contribution < -0.4 is 11.1 Å². The van der Waals surface area contributed by atoms with Crippen molar-refractivity contribution in [2.45, 2.75) is 0 Å². The van der Waals surface area contributed by atoms with Crippen molar-refractivity contribution in [2.24, 2.45) is 5.73 Å². The predicted octanol–water partition coefficient (Wildman–Crippen LogP) is 4.14. The smallest absolute Gasteiger partial charge is 0.248 e. The van der Waals surface area contributed by atoms with Crippen LogP contribution in [0, 0.1) is 0 Å². The standard InChI is InChI=1S/C21H16N4O/c22-19(26)14-10-12-16(13-11-14)23-21-17-8-4-5-9-18(17)24-20(25-21)15-6-2-1-3-7-15/h1-13H,(H2,22,26)(H,23,24,25). The topological polar surface area (TPSA) is 80.9 Å². The Morgan fingerprint density at radius 1 is 0.808 bits per heavy atom. The molecule has 0 atom stereocenters. The summed E-state index contributed by atoms with van der Waals surface area (Å²) in [6, 6.07) is 24.7. The Morgan fingerprint density at radius 2 is 1.50 bits per heavy atom. The number of nitrogens with zero attached hydrogens (tertiary/aromatic N) is 2. The van der Waals surface area contributed by atoms with E-state index < -0.39 is 5.91 Å². The summed E-state index contributed by atoms with van der Waals surface area (Å²) < 4.78 is 0. The molecule has 0 aliphatic heterocycles. The Hall–Kier alpha value is -3.73. The number of nitrogens with two attached hydrogens (primary N) is 1. The predicted molar refractivity (Wildman–Crippen MR) is 103 cm³/mol. The van der Waals surface area contributed by atoms with Gasteiger partial charge in [0.2, 0.25) is 5.91 Å². The molecule has 1 heterocycles. The molecule has 0 aliphatic carbocycles. The van der Waals surface area contributed by atoms with Crippen LogP contribution in [0.2, 0.25) is 0 Å². The molecule has 0 bridgehead atoms. The molecule has 126 valence electrons. The first kappa shape index (κ1) is 15.8. The van der Waals surface area contributed by atoms with Gasteiger partial charge in [0.15, 0.2) is 5.82 Å². The maximum absolute atomic E-state index is 11.2. The molecule has 0 unspecified atom stereocenters. The second-order valence-electron chi connectivity index (χ2n) is 5.85. The van der Waals surface area contributed by atoms with Crippen molar-refractivity contribution < 1.29 is 4.79 Å². The third kappa shape index (κ3) is 3.10. The molecule has 5 nitrogen and oxygen atoms in total. The molecule has 0 fully saturated rings. The Kier molecular flexibility index (Phi) is 4.03. The first-order chi connectivity index (χ1) is 12.7. The first-order valence-electron chi connectivity index (χ1n) is 8.20. The summed E-state index contributed by atoms with van der Waals surface area (Å²) in [7, 11) is 0. The maximum atomic E-state index is 11.2. The van der Waals surface area contributed by atoms with E-state index in [0.29, 0.717) is 17.2 Å². The lowest BCUT2D eigenvalue weighted by Gasteiger charge is -2.11. The van der Waals surface area contributed by atoms with E-state index in [-0.39, 0.29) is 0 Å². The molecule has 0 saturated heterocycles. The highest BCUT2D eigenvalue weighted by atomic mass is 16.1. The fourth-order valence-corrected chi connectivity index (χ4v) is 2.74. The average molecular weight is 340 g/mol. The largest absolute Gasteiger partial charge is 0.366 e. The summed E-state index contributed by atoms with van der Waals surface area (Å²) in [6.07, 6.45) is 0. The van der Waals surface area contributed by atoms with E-state index in [9.17, 15) is 4.79 Å². The van der Waals surface area contributed by atoms with Crippen molar-refractivity contribution in [3.63, 3.8) is 0 Å². The summed E-state index contributed by atoms with van der Waals surface area (Å²) in [4.78, 5) is 20.6. The zero-order chi connectivity index (χ0) is 17.9. The van der Waals surface area contributed by atoms with Crippen molar-refractivity contribution in [2.75, 3.05) is 5.32 Å². The molecule has 26 heavy (non-hydrogen) atoms. The zero-order valence-corrected chi connectivity index (χ0v) is 13.9. The highest BCUT2D eigenvalue weighted by Gasteiger charge is 2.10. The first-order valence-corrected chi connectivity index (χ1v) is 8.20. The number of aromatic nitrogens is 2. The normalized spacial score (nSPS) is 10.6. The Labute approximate surface area is 150 Å². The van der Waals surface area contributed by atoms with Gasteiger partial charge in [-0.25, -0.2) is 9.97 Å². The van der Waals surface area contributed by atoms with Gasteiger partial charge in [-0.3, -0.25) is 4.79 Å². The van der Waals surface area contributed by atoms with Gasteiger partial charge in [0.25, 0.3) is 0 Å². The number of primary amides is 1. The lowest BCUT2D eigenvalue weighted by Crippen LogP contribution is -2.10.